The molecule has 0 spiro atoms. The Bertz CT molecular complexity index is 2550. The van der Waals surface area contributed by atoms with Gasteiger partial charge in [-0.1, -0.05) is 134 Å². The Balaban J connectivity index is 1.09. The molecule has 0 fully saturated rings. The minimum absolute atomic E-state index is 0.503. The maximum absolute atomic E-state index is 2.46. The van der Waals surface area contributed by atoms with Crippen LogP contribution in [0.3, 0.4) is 0 Å². The maximum Gasteiger partial charge on any atom is 0.00616 e. The Hall–Kier alpha value is -5.46. The first-order valence-corrected chi connectivity index (χ1v) is 16.6. The third kappa shape index (κ3) is 3.87. The summed E-state index contributed by atoms with van der Waals surface area (Å²) in [6.07, 6.45) is 17.0. The minimum atomic E-state index is 0.503. The molecule has 6 aromatic rings. The van der Waals surface area contributed by atoms with Crippen LogP contribution in [0, 0.1) is 5.92 Å². The van der Waals surface area contributed by atoms with Gasteiger partial charge in [0.2, 0.25) is 0 Å². The van der Waals surface area contributed by atoms with Gasteiger partial charge in [0.15, 0.2) is 0 Å². The van der Waals surface area contributed by atoms with Gasteiger partial charge in [0.1, 0.15) is 0 Å². The van der Waals surface area contributed by atoms with E-state index in [1.54, 1.807) is 5.57 Å². The van der Waals surface area contributed by atoms with Crippen LogP contribution in [-0.4, -0.2) is 0 Å². The molecule has 1 atom stereocenters. The van der Waals surface area contributed by atoms with Crippen molar-refractivity contribution in [3.63, 3.8) is 0 Å². The van der Waals surface area contributed by atoms with E-state index in [1.807, 2.05) is 0 Å². The molecule has 46 heavy (non-hydrogen) atoms. The molecule has 0 bridgehead atoms. The monoisotopic (exact) mass is 584 g/mol. The SMILES string of the molecule is C1=CC2=CC=C(C3=c4cccc5c4=C(CC3)c3cc(-c4cccc(-c6cc7ccccc7c7ccccc67)c4)ccc3-5)CC2C=C1. The van der Waals surface area contributed by atoms with Crippen molar-refractivity contribution in [2.24, 2.45) is 5.92 Å². The standard InChI is InChI=1S/C46H32/c1-2-10-30-25-35(20-19-29(30)9-1)37-23-24-43-45-27-32(21-22-40(45)42-18-8-17-41(37)46(42)43)31-12-7-13-33(26-31)44-28-34-11-3-4-14-36(34)38-15-5-6-16-39(38)44/h1-22,26-28,30H,23-25H2. The third-order valence-electron chi connectivity index (χ3n) is 10.7. The van der Waals surface area contributed by atoms with Crippen molar-refractivity contribution in [1.29, 1.82) is 0 Å². The summed E-state index contributed by atoms with van der Waals surface area (Å²) in [4.78, 5) is 0. The Kier molecular flexibility index (Phi) is 5.63. The number of allylic oxidation sites excluding steroid dienone is 8. The van der Waals surface area contributed by atoms with Crippen LogP contribution in [0.15, 0.2) is 163 Å². The Morgan fingerprint density at radius 2 is 1.30 bits per heavy atom. The summed E-state index contributed by atoms with van der Waals surface area (Å²) >= 11 is 0. The molecule has 0 amide bonds. The second kappa shape index (κ2) is 10.0. The lowest BCUT2D eigenvalue weighted by molar-refractivity contribution is 0.755. The molecule has 0 aliphatic heterocycles. The molecule has 216 valence electrons. The first kappa shape index (κ1) is 25.8. The molecule has 0 N–H and O–H groups in total. The average molecular weight is 585 g/mol. The van der Waals surface area contributed by atoms with Crippen LogP contribution in [0.2, 0.25) is 0 Å². The van der Waals surface area contributed by atoms with Crippen molar-refractivity contribution in [2.45, 2.75) is 19.3 Å². The lowest BCUT2D eigenvalue weighted by Crippen LogP contribution is -2.32. The van der Waals surface area contributed by atoms with E-state index in [9.17, 15) is 0 Å². The molecular formula is C46H32. The normalized spacial score (nSPS) is 17.5. The highest BCUT2D eigenvalue weighted by Gasteiger charge is 2.27. The van der Waals surface area contributed by atoms with E-state index < -0.39 is 0 Å². The van der Waals surface area contributed by atoms with E-state index in [0.717, 1.165) is 19.3 Å². The Morgan fingerprint density at radius 3 is 2.26 bits per heavy atom. The number of hydrogen-bond donors (Lipinski definition) is 0. The largest absolute Gasteiger partial charge is 0.0767 e. The molecule has 0 heteroatoms. The van der Waals surface area contributed by atoms with Gasteiger partial charge in [0, 0.05) is 5.92 Å². The predicted octanol–water partition coefficient (Wildman–Crippen LogP) is 10.4. The second-order valence-electron chi connectivity index (χ2n) is 13.1. The zero-order valence-corrected chi connectivity index (χ0v) is 25.6. The van der Waals surface area contributed by atoms with Crippen LogP contribution in [-0.2, 0) is 0 Å². The van der Waals surface area contributed by atoms with E-state index in [1.165, 1.54) is 87.6 Å². The van der Waals surface area contributed by atoms with Crippen molar-refractivity contribution in [3.05, 3.63) is 179 Å². The first-order chi connectivity index (χ1) is 22.8. The number of rotatable bonds is 3. The van der Waals surface area contributed by atoms with Crippen molar-refractivity contribution >= 4 is 32.7 Å². The highest BCUT2D eigenvalue weighted by Crippen LogP contribution is 2.42. The van der Waals surface area contributed by atoms with Gasteiger partial charge in [-0.05, 0) is 131 Å². The van der Waals surface area contributed by atoms with Gasteiger partial charge in [0.25, 0.3) is 0 Å². The Labute approximate surface area is 269 Å². The summed E-state index contributed by atoms with van der Waals surface area (Å²) in [6.45, 7) is 0. The van der Waals surface area contributed by atoms with Gasteiger partial charge < -0.3 is 0 Å². The highest BCUT2D eigenvalue weighted by atomic mass is 14.3. The van der Waals surface area contributed by atoms with Gasteiger partial charge in [-0.3, -0.25) is 0 Å². The lowest BCUT2D eigenvalue weighted by Gasteiger charge is -2.25. The maximum atomic E-state index is 2.46. The van der Waals surface area contributed by atoms with Crippen LogP contribution >= 0.6 is 0 Å². The fourth-order valence-electron chi connectivity index (χ4n) is 8.52. The van der Waals surface area contributed by atoms with Crippen molar-refractivity contribution in [1.82, 2.24) is 0 Å². The van der Waals surface area contributed by atoms with Gasteiger partial charge in [-0.25, -0.2) is 0 Å². The number of benzene rings is 6. The van der Waals surface area contributed by atoms with Crippen LogP contribution in [0.5, 0.6) is 0 Å². The van der Waals surface area contributed by atoms with Crippen LogP contribution in [0.4, 0.5) is 0 Å². The zero-order chi connectivity index (χ0) is 30.2. The summed E-state index contributed by atoms with van der Waals surface area (Å²) in [5.41, 5.74) is 15.3. The molecular weight excluding hydrogens is 553 g/mol. The van der Waals surface area contributed by atoms with E-state index in [4.69, 9.17) is 0 Å². The molecule has 4 aliphatic carbocycles. The van der Waals surface area contributed by atoms with E-state index in [0.29, 0.717) is 5.92 Å². The molecule has 10 rings (SSSR count). The average Bonchev–Trinajstić information content (AvgIpc) is 3.45. The third-order valence-corrected chi connectivity index (χ3v) is 10.7. The molecule has 6 aromatic carbocycles. The molecule has 0 heterocycles. The van der Waals surface area contributed by atoms with Crippen molar-refractivity contribution in [3.8, 4) is 33.4 Å². The molecule has 0 radical (unpaired) electrons. The second-order valence-corrected chi connectivity index (χ2v) is 13.1. The van der Waals surface area contributed by atoms with E-state index >= 15 is 0 Å². The van der Waals surface area contributed by atoms with E-state index in [2.05, 4.69) is 152 Å². The summed E-state index contributed by atoms with van der Waals surface area (Å²) < 4.78 is 0. The summed E-state index contributed by atoms with van der Waals surface area (Å²) in [7, 11) is 0. The summed E-state index contributed by atoms with van der Waals surface area (Å²) in [5, 5.41) is 8.12. The Morgan fingerprint density at radius 1 is 0.500 bits per heavy atom. The molecule has 0 nitrogen and oxygen atoms in total. The topological polar surface area (TPSA) is 0 Å². The van der Waals surface area contributed by atoms with Crippen molar-refractivity contribution < 1.29 is 0 Å². The predicted molar refractivity (Wildman–Crippen MR) is 195 cm³/mol. The quantitative estimate of drug-likeness (QED) is 0.182. The lowest BCUT2D eigenvalue weighted by atomic mass is 9.79. The minimum Gasteiger partial charge on any atom is -0.0767 e. The fraction of sp³-hybridized carbons (Fsp3) is 0.0870. The smallest absolute Gasteiger partial charge is 0.00616 e. The first-order valence-electron chi connectivity index (χ1n) is 16.6. The zero-order valence-electron chi connectivity index (χ0n) is 25.6. The molecule has 4 aliphatic rings. The van der Waals surface area contributed by atoms with Gasteiger partial charge >= 0.3 is 0 Å². The van der Waals surface area contributed by atoms with Gasteiger partial charge in [-0.15, -0.1) is 0 Å². The number of hydrogen-bond acceptors (Lipinski definition) is 0. The van der Waals surface area contributed by atoms with Crippen molar-refractivity contribution in [2.75, 3.05) is 0 Å². The highest BCUT2D eigenvalue weighted by molar-refractivity contribution is 6.13. The molecule has 0 aromatic heterocycles. The van der Waals surface area contributed by atoms with E-state index in [-0.39, 0.29) is 0 Å². The molecule has 1 unspecified atom stereocenters. The molecule has 0 saturated heterocycles. The fourth-order valence-corrected chi connectivity index (χ4v) is 8.52. The summed E-state index contributed by atoms with van der Waals surface area (Å²) in [5.74, 6) is 0.503. The van der Waals surface area contributed by atoms with Crippen LogP contribution < -0.4 is 10.4 Å². The van der Waals surface area contributed by atoms with Crippen LogP contribution in [0.1, 0.15) is 24.8 Å². The number of fused-ring (bicyclic) bond motifs is 7. The molecule has 0 saturated carbocycles. The van der Waals surface area contributed by atoms with Crippen LogP contribution in [0.25, 0.3) is 66.1 Å². The van der Waals surface area contributed by atoms with Gasteiger partial charge in [0.05, 0.1) is 0 Å². The van der Waals surface area contributed by atoms with Gasteiger partial charge in [-0.2, -0.15) is 0 Å². The summed E-state index contributed by atoms with van der Waals surface area (Å²) in [6, 6.07) is 43.2.